The summed E-state index contributed by atoms with van der Waals surface area (Å²) in [6.07, 6.45) is 2.28. The Morgan fingerprint density at radius 3 is 2.46 bits per heavy atom. The summed E-state index contributed by atoms with van der Waals surface area (Å²) in [6.45, 7) is 0.912. The SMILES string of the molecule is Nc1ncc(-c2ccccc2)cc1C(=O)N[C@@H]1CCN(C(=O)c2ccc(-c3ccc(F)cc3Cl)cc2)C1. The third-order valence-corrected chi connectivity index (χ3v) is 6.77. The Balaban J connectivity index is 1.23. The predicted octanol–water partition coefficient (Wildman–Crippen LogP) is 5.43. The molecule has 3 N–H and O–H groups in total. The molecule has 6 nitrogen and oxygen atoms in total. The fraction of sp³-hybridized carbons (Fsp3) is 0.138. The summed E-state index contributed by atoms with van der Waals surface area (Å²) >= 11 is 6.16. The van der Waals surface area contributed by atoms with Gasteiger partial charge in [-0.15, -0.1) is 0 Å². The number of nitrogen functional groups attached to an aromatic ring is 1. The highest BCUT2D eigenvalue weighted by molar-refractivity contribution is 6.33. The number of carbonyl (C=O) groups is 2. The van der Waals surface area contributed by atoms with E-state index >= 15 is 0 Å². The maximum atomic E-state index is 13.4. The average Bonchev–Trinajstić information content (AvgIpc) is 3.37. The minimum atomic E-state index is -0.404. The fourth-order valence-electron chi connectivity index (χ4n) is 4.47. The van der Waals surface area contributed by atoms with E-state index in [1.54, 1.807) is 47.5 Å². The molecule has 8 heteroatoms. The van der Waals surface area contributed by atoms with Gasteiger partial charge >= 0.3 is 0 Å². The van der Waals surface area contributed by atoms with Gasteiger partial charge in [0.05, 0.1) is 10.6 Å². The van der Waals surface area contributed by atoms with Crippen LogP contribution in [0, 0.1) is 5.82 Å². The van der Waals surface area contributed by atoms with Gasteiger partial charge in [-0.3, -0.25) is 9.59 Å². The molecule has 0 aliphatic carbocycles. The van der Waals surface area contributed by atoms with Gasteiger partial charge in [-0.2, -0.15) is 0 Å². The van der Waals surface area contributed by atoms with Crippen LogP contribution in [-0.4, -0.2) is 40.8 Å². The topological polar surface area (TPSA) is 88.3 Å². The highest BCUT2D eigenvalue weighted by Gasteiger charge is 2.29. The first-order chi connectivity index (χ1) is 17.9. The van der Waals surface area contributed by atoms with Crippen molar-refractivity contribution in [2.24, 2.45) is 0 Å². The number of hydrogen-bond donors (Lipinski definition) is 2. The van der Waals surface area contributed by atoms with Crippen molar-refractivity contribution in [3.8, 4) is 22.3 Å². The summed E-state index contributed by atoms with van der Waals surface area (Å²) in [5.74, 6) is -0.688. The minimum Gasteiger partial charge on any atom is -0.383 e. The number of nitrogens with zero attached hydrogens (tertiary/aromatic N) is 2. The molecule has 1 aliphatic rings. The highest BCUT2D eigenvalue weighted by Crippen LogP contribution is 2.29. The molecule has 0 saturated carbocycles. The maximum Gasteiger partial charge on any atom is 0.255 e. The van der Waals surface area contributed by atoms with Crippen molar-refractivity contribution in [2.75, 3.05) is 18.8 Å². The third kappa shape index (κ3) is 5.32. The van der Waals surface area contributed by atoms with E-state index < -0.39 is 5.82 Å². The van der Waals surface area contributed by atoms with Crippen LogP contribution in [0.2, 0.25) is 5.02 Å². The Morgan fingerprint density at radius 1 is 0.973 bits per heavy atom. The molecule has 3 aromatic carbocycles. The number of likely N-dealkylation sites (tertiary alicyclic amines) is 1. The molecule has 37 heavy (non-hydrogen) atoms. The lowest BCUT2D eigenvalue weighted by Crippen LogP contribution is -2.38. The summed E-state index contributed by atoms with van der Waals surface area (Å²) < 4.78 is 13.4. The molecule has 5 rings (SSSR count). The zero-order valence-corrected chi connectivity index (χ0v) is 20.6. The largest absolute Gasteiger partial charge is 0.383 e. The molecule has 1 aromatic heterocycles. The predicted molar refractivity (Wildman–Crippen MR) is 143 cm³/mol. The summed E-state index contributed by atoms with van der Waals surface area (Å²) in [4.78, 5) is 32.0. The van der Waals surface area contributed by atoms with Gasteiger partial charge in [0, 0.05) is 42.0 Å². The van der Waals surface area contributed by atoms with Crippen LogP contribution in [-0.2, 0) is 0 Å². The normalized spacial score (nSPS) is 15.0. The molecular formula is C29H24ClFN4O2. The number of pyridine rings is 1. The van der Waals surface area contributed by atoms with Crippen LogP contribution in [0.4, 0.5) is 10.2 Å². The van der Waals surface area contributed by atoms with Crippen LogP contribution in [0.3, 0.4) is 0 Å². The smallest absolute Gasteiger partial charge is 0.255 e. The number of rotatable bonds is 5. The highest BCUT2D eigenvalue weighted by atomic mass is 35.5. The molecule has 1 saturated heterocycles. The van der Waals surface area contributed by atoms with Crippen molar-refractivity contribution >= 4 is 29.2 Å². The zero-order chi connectivity index (χ0) is 25.9. The van der Waals surface area contributed by atoms with E-state index in [2.05, 4.69) is 10.3 Å². The molecule has 1 aliphatic heterocycles. The van der Waals surface area contributed by atoms with Crippen molar-refractivity contribution in [1.29, 1.82) is 0 Å². The van der Waals surface area contributed by atoms with E-state index in [4.69, 9.17) is 17.3 Å². The average molecular weight is 515 g/mol. The van der Waals surface area contributed by atoms with Gasteiger partial charge in [-0.1, -0.05) is 54.1 Å². The van der Waals surface area contributed by atoms with Crippen molar-refractivity contribution in [2.45, 2.75) is 12.5 Å². The molecule has 1 fully saturated rings. The molecule has 2 heterocycles. The monoisotopic (exact) mass is 514 g/mol. The number of carbonyl (C=O) groups excluding carboxylic acids is 2. The van der Waals surface area contributed by atoms with E-state index in [9.17, 15) is 14.0 Å². The Hall–Kier alpha value is -4.23. The Kier molecular flexibility index (Phi) is 6.88. The molecular weight excluding hydrogens is 491 g/mol. The zero-order valence-electron chi connectivity index (χ0n) is 19.8. The lowest BCUT2D eigenvalue weighted by atomic mass is 10.0. The van der Waals surface area contributed by atoms with E-state index in [1.807, 2.05) is 30.3 Å². The molecule has 0 bridgehead atoms. The van der Waals surface area contributed by atoms with Gasteiger partial charge in [0.15, 0.2) is 0 Å². The number of hydrogen-bond acceptors (Lipinski definition) is 4. The van der Waals surface area contributed by atoms with Crippen LogP contribution >= 0.6 is 11.6 Å². The van der Waals surface area contributed by atoms with Gasteiger partial charge < -0.3 is 16.0 Å². The van der Waals surface area contributed by atoms with Gasteiger partial charge in [-0.05, 0) is 53.9 Å². The Labute approximate surface area is 218 Å². The summed E-state index contributed by atoms with van der Waals surface area (Å²) in [5.41, 5.74) is 10.1. The maximum absolute atomic E-state index is 13.4. The molecule has 0 radical (unpaired) electrons. The summed E-state index contributed by atoms with van der Waals surface area (Å²) in [7, 11) is 0. The quantitative estimate of drug-likeness (QED) is 0.371. The summed E-state index contributed by atoms with van der Waals surface area (Å²) in [5, 5.41) is 3.30. The lowest BCUT2D eigenvalue weighted by Gasteiger charge is -2.18. The number of nitrogens with two attached hydrogens (primary N) is 1. The second-order valence-corrected chi connectivity index (χ2v) is 9.34. The van der Waals surface area contributed by atoms with Crippen molar-refractivity contribution < 1.29 is 14.0 Å². The Bertz CT molecular complexity index is 1460. The first kappa shape index (κ1) is 24.5. The van der Waals surface area contributed by atoms with Gasteiger partial charge in [-0.25, -0.2) is 9.37 Å². The molecule has 0 unspecified atom stereocenters. The summed E-state index contributed by atoms with van der Waals surface area (Å²) in [6, 6.07) is 22.4. The van der Waals surface area contributed by atoms with E-state index in [0.29, 0.717) is 41.2 Å². The van der Waals surface area contributed by atoms with E-state index in [1.165, 1.54) is 12.1 Å². The van der Waals surface area contributed by atoms with Crippen molar-refractivity contribution in [1.82, 2.24) is 15.2 Å². The standard InChI is InChI=1S/C29H24ClFN4O2/c30-26-15-22(31)10-11-24(26)19-6-8-20(9-7-19)29(37)35-13-12-23(17-35)34-28(36)25-14-21(16-33-27(25)32)18-4-2-1-3-5-18/h1-11,14-16,23H,12-13,17H2,(H2,32,33)(H,34,36)/t23-/m1/s1. The number of halogens is 2. The van der Waals surface area contributed by atoms with Crippen molar-refractivity contribution in [3.63, 3.8) is 0 Å². The third-order valence-electron chi connectivity index (χ3n) is 6.45. The van der Waals surface area contributed by atoms with Gasteiger partial charge in [0.1, 0.15) is 11.6 Å². The molecule has 186 valence electrons. The van der Waals surface area contributed by atoms with Gasteiger partial charge in [0.25, 0.3) is 11.8 Å². The van der Waals surface area contributed by atoms with E-state index in [-0.39, 0.29) is 23.7 Å². The number of nitrogens with one attached hydrogen (secondary N) is 1. The fourth-order valence-corrected chi connectivity index (χ4v) is 4.75. The second kappa shape index (κ2) is 10.4. The number of anilines is 1. The molecule has 4 aromatic rings. The molecule has 1 atom stereocenters. The molecule has 2 amide bonds. The number of benzene rings is 3. The number of aromatic nitrogens is 1. The number of amides is 2. The second-order valence-electron chi connectivity index (χ2n) is 8.93. The first-order valence-corrected chi connectivity index (χ1v) is 12.2. The van der Waals surface area contributed by atoms with E-state index in [0.717, 1.165) is 16.7 Å². The van der Waals surface area contributed by atoms with Crippen LogP contribution in [0.15, 0.2) is 85.1 Å². The molecule has 0 spiro atoms. The van der Waals surface area contributed by atoms with Crippen molar-refractivity contribution in [3.05, 3.63) is 107 Å². The van der Waals surface area contributed by atoms with Crippen LogP contribution < -0.4 is 11.1 Å². The van der Waals surface area contributed by atoms with Crippen LogP contribution in [0.1, 0.15) is 27.1 Å². The minimum absolute atomic E-state index is 0.124. The van der Waals surface area contributed by atoms with Crippen LogP contribution in [0.25, 0.3) is 22.3 Å². The first-order valence-electron chi connectivity index (χ1n) is 11.9. The lowest BCUT2D eigenvalue weighted by molar-refractivity contribution is 0.0783. The van der Waals surface area contributed by atoms with Gasteiger partial charge in [0.2, 0.25) is 0 Å². The van der Waals surface area contributed by atoms with Crippen LogP contribution in [0.5, 0.6) is 0 Å². The Morgan fingerprint density at radius 2 is 1.73 bits per heavy atom.